The van der Waals surface area contributed by atoms with E-state index in [1.54, 1.807) is 5.57 Å². The number of hydrogen-bond donors (Lipinski definition) is 1. The molecule has 0 fully saturated rings. The van der Waals surface area contributed by atoms with Gasteiger partial charge in [0, 0.05) is 31.9 Å². The summed E-state index contributed by atoms with van der Waals surface area (Å²) in [6.07, 6.45) is 5.44. The zero-order valence-electron chi connectivity index (χ0n) is 14.1. The summed E-state index contributed by atoms with van der Waals surface area (Å²) in [4.78, 5) is 6.92. The molecule has 2 rings (SSSR count). The van der Waals surface area contributed by atoms with Crippen molar-refractivity contribution >= 4 is 5.82 Å². The van der Waals surface area contributed by atoms with Gasteiger partial charge in [-0.1, -0.05) is 46.3 Å². The Kier molecular flexibility index (Phi) is 5.04. The Balaban J connectivity index is 2.03. The van der Waals surface area contributed by atoms with Gasteiger partial charge in [0.15, 0.2) is 0 Å². The predicted molar refractivity (Wildman–Crippen MR) is 90.6 cm³/mol. The number of rotatable bonds is 4. The summed E-state index contributed by atoms with van der Waals surface area (Å²) in [7, 11) is 0. The first-order valence-electron chi connectivity index (χ1n) is 7.99. The number of hydrogen-bond acceptors (Lipinski definition) is 3. The molecule has 1 aliphatic rings. The lowest BCUT2D eigenvalue weighted by atomic mass is 9.83. The van der Waals surface area contributed by atoms with Gasteiger partial charge >= 0.3 is 0 Å². The number of nitrogens with one attached hydrogen (secondary N) is 1. The molecule has 0 atom stereocenters. The Morgan fingerprint density at radius 2 is 2.10 bits per heavy atom. The first-order valence-corrected chi connectivity index (χ1v) is 7.99. The average molecular weight is 287 g/mol. The van der Waals surface area contributed by atoms with E-state index in [9.17, 15) is 0 Å². The molecule has 0 saturated carbocycles. The topological polar surface area (TPSA) is 28.2 Å². The van der Waals surface area contributed by atoms with Crippen molar-refractivity contribution in [2.24, 2.45) is 5.41 Å². The fourth-order valence-electron chi connectivity index (χ4n) is 2.62. The second kappa shape index (κ2) is 6.61. The first-order chi connectivity index (χ1) is 9.86. The van der Waals surface area contributed by atoms with Crippen LogP contribution in [0.2, 0.25) is 0 Å². The lowest BCUT2D eigenvalue weighted by molar-refractivity contribution is 0.472. The van der Waals surface area contributed by atoms with Crippen molar-refractivity contribution < 1.29 is 0 Å². The molecule has 0 unspecified atom stereocenters. The fourth-order valence-corrected chi connectivity index (χ4v) is 2.62. The van der Waals surface area contributed by atoms with E-state index in [-0.39, 0.29) is 0 Å². The van der Waals surface area contributed by atoms with Gasteiger partial charge in [-0.3, -0.25) is 0 Å². The summed E-state index contributed by atoms with van der Waals surface area (Å²) in [5.41, 5.74) is 3.17. The molecule has 0 radical (unpaired) electrons. The second-order valence-corrected chi connectivity index (χ2v) is 7.23. The highest BCUT2D eigenvalue weighted by molar-refractivity contribution is 5.43. The van der Waals surface area contributed by atoms with Crippen LogP contribution in [-0.2, 0) is 6.54 Å². The van der Waals surface area contributed by atoms with E-state index < -0.39 is 0 Å². The molecular weight excluding hydrogens is 258 g/mol. The Hall–Kier alpha value is -1.35. The minimum absolute atomic E-state index is 0.294. The summed E-state index contributed by atoms with van der Waals surface area (Å²) in [6, 6.07) is 4.82. The normalized spacial score (nSPS) is 16.3. The summed E-state index contributed by atoms with van der Waals surface area (Å²) >= 11 is 0. The van der Waals surface area contributed by atoms with Crippen LogP contribution in [0.1, 0.15) is 46.6 Å². The van der Waals surface area contributed by atoms with Crippen LogP contribution in [0.3, 0.4) is 0 Å². The maximum absolute atomic E-state index is 4.55. The molecule has 116 valence electrons. The molecule has 0 aliphatic carbocycles. The Morgan fingerprint density at radius 3 is 2.67 bits per heavy atom. The monoisotopic (exact) mass is 287 g/mol. The number of aromatic nitrogens is 1. The minimum Gasteiger partial charge on any atom is -0.353 e. The molecular formula is C18H29N3. The van der Waals surface area contributed by atoms with Crippen LogP contribution in [0.5, 0.6) is 0 Å². The molecule has 21 heavy (non-hydrogen) atoms. The predicted octanol–water partition coefficient (Wildman–Crippen LogP) is 3.76. The molecule has 3 heteroatoms. The Morgan fingerprint density at radius 1 is 1.33 bits per heavy atom. The van der Waals surface area contributed by atoms with Crippen molar-refractivity contribution in [3.05, 3.63) is 35.5 Å². The van der Waals surface area contributed by atoms with Crippen LogP contribution in [0.25, 0.3) is 0 Å². The molecule has 3 nitrogen and oxygen atoms in total. The van der Waals surface area contributed by atoms with E-state index in [4.69, 9.17) is 0 Å². The highest BCUT2D eigenvalue weighted by Gasteiger charge is 2.21. The van der Waals surface area contributed by atoms with Crippen molar-refractivity contribution in [1.82, 2.24) is 10.3 Å². The lowest BCUT2D eigenvalue weighted by Gasteiger charge is -2.33. The van der Waals surface area contributed by atoms with E-state index in [2.05, 4.69) is 68.0 Å². The third kappa shape index (κ3) is 4.57. The van der Waals surface area contributed by atoms with Crippen LogP contribution in [0, 0.1) is 5.41 Å². The van der Waals surface area contributed by atoms with Gasteiger partial charge in [-0.15, -0.1) is 0 Å². The molecule has 1 aromatic rings. The van der Waals surface area contributed by atoms with E-state index in [1.807, 2.05) is 6.20 Å². The van der Waals surface area contributed by atoms with Gasteiger partial charge in [-0.05, 0) is 29.5 Å². The molecule has 1 aromatic heterocycles. The van der Waals surface area contributed by atoms with Gasteiger partial charge in [0.1, 0.15) is 5.82 Å². The lowest BCUT2D eigenvalue weighted by Crippen LogP contribution is -2.32. The van der Waals surface area contributed by atoms with Gasteiger partial charge < -0.3 is 10.2 Å². The number of anilines is 1. The maximum Gasteiger partial charge on any atom is 0.129 e. The van der Waals surface area contributed by atoms with Crippen molar-refractivity contribution in [3.63, 3.8) is 0 Å². The third-order valence-corrected chi connectivity index (χ3v) is 4.02. The number of nitrogens with zero attached hydrogens (tertiary/aromatic N) is 2. The molecule has 0 aromatic carbocycles. The number of pyridine rings is 1. The van der Waals surface area contributed by atoms with E-state index in [0.29, 0.717) is 11.5 Å². The van der Waals surface area contributed by atoms with Crippen molar-refractivity contribution in [2.45, 2.75) is 53.6 Å². The Bertz CT molecular complexity index is 497. The average Bonchev–Trinajstić information content (AvgIpc) is 2.45. The minimum atomic E-state index is 0.294. The van der Waals surface area contributed by atoms with E-state index in [1.165, 1.54) is 5.56 Å². The summed E-state index contributed by atoms with van der Waals surface area (Å²) in [5.74, 6) is 1.10. The summed E-state index contributed by atoms with van der Waals surface area (Å²) in [6.45, 7) is 14.2. The third-order valence-electron chi connectivity index (χ3n) is 4.02. The summed E-state index contributed by atoms with van der Waals surface area (Å²) in [5, 5.41) is 3.46. The van der Waals surface area contributed by atoms with Crippen LogP contribution in [0.15, 0.2) is 30.0 Å². The van der Waals surface area contributed by atoms with Crippen LogP contribution in [0.4, 0.5) is 5.82 Å². The Labute approximate surface area is 129 Å². The highest BCUT2D eigenvalue weighted by Crippen LogP contribution is 2.31. The quantitative estimate of drug-likeness (QED) is 0.855. The smallest absolute Gasteiger partial charge is 0.129 e. The van der Waals surface area contributed by atoms with Gasteiger partial charge in [0.25, 0.3) is 0 Å². The van der Waals surface area contributed by atoms with Gasteiger partial charge in [-0.2, -0.15) is 0 Å². The second-order valence-electron chi connectivity index (χ2n) is 7.23. The maximum atomic E-state index is 4.55. The van der Waals surface area contributed by atoms with Crippen LogP contribution in [-0.4, -0.2) is 24.1 Å². The van der Waals surface area contributed by atoms with Gasteiger partial charge in [-0.25, -0.2) is 4.98 Å². The zero-order valence-corrected chi connectivity index (χ0v) is 14.1. The molecule has 1 N–H and O–H groups in total. The van der Waals surface area contributed by atoms with E-state index >= 15 is 0 Å². The van der Waals surface area contributed by atoms with Gasteiger partial charge in [0.05, 0.1) is 0 Å². The molecule has 0 saturated heterocycles. The molecule has 2 heterocycles. The SMILES string of the molecule is CC(C)NCc1ccnc(N2CC=C(C(C)(C)C)CC2)c1. The highest BCUT2D eigenvalue weighted by atomic mass is 15.2. The van der Waals surface area contributed by atoms with Crippen molar-refractivity contribution in [3.8, 4) is 0 Å². The van der Waals surface area contributed by atoms with Gasteiger partial charge in [0.2, 0.25) is 0 Å². The van der Waals surface area contributed by atoms with Crippen molar-refractivity contribution in [2.75, 3.05) is 18.0 Å². The molecule has 0 amide bonds. The molecule has 0 spiro atoms. The first kappa shape index (κ1) is 16.0. The fraction of sp³-hybridized carbons (Fsp3) is 0.611. The molecule has 1 aliphatic heterocycles. The van der Waals surface area contributed by atoms with Crippen LogP contribution < -0.4 is 10.2 Å². The molecule has 0 bridgehead atoms. The van der Waals surface area contributed by atoms with E-state index in [0.717, 1.165) is 31.9 Å². The van der Waals surface area contributed by atoms with Crippen LogP contribution >= 0.6 is 0 Å². The standard InChI is InChI=1S/C18H29N3/c1-14(2)20-13-15-6-9-19-17(12-15)21-10-7-16(8-11-21)18(3,4)5/h6-7,9,12,14,20H,8,10-11,13H2,1-5H3. The van der Waals surface area contributed by atoms with Crippen molar-refractivity contribution in [1.29, 1.82) is 0 Å². The largest absolute Gasteiger partial charge is 0.353 e. The zero-order chi connectivity index (χ0) is 15.5. The summed E-state index contributed by atoms with van der Waals surface area (Å²) < 4.78 is 0.